The van der Waals surface area contributed by atoms with Gasteiger partial charge in [-0.15, -0.1) is 0 Å². The number of aromatic nitrogens is 1. The van der Waals surface area contributed by atoms with Crippen molar-refractivity contribution < 1.29 is 9.59 Å². The van der Waals surface area contributed by atoms with E-state index >= 15 is 0 Å². The molecule has 0 saturated carbocycles. The molecule has 6 heteroatoms. The van der Waals surface area contributed by atoms with Gasteiger partial charge in [0.1, 0.15) is 0 Å². The maximum atomic E-state index is 11.4. The molecule has 3 amide bonds. The van der Waals surface area contributed by atoms with Crippen LogP contribution in [-0.2, 0) is 4.79 Å². The first-order valence-corrected chi connectivity index (χ1v) is 5.44. The van der Waals surface area contributed by atoms with E-state index in [0.717, 1.165) is 0 Å². The summed E-state index contributed by atoms with van der Waals surface area (Å²) in [7, 11) is 0. The van der Waals surface area contributed by atoms with E-state index in [1.54, 1.807) is 31.5 Å². The smallest absolute Gasteiger partial charge is 0.319 e. The Kier molecular flexibility index (Phi) is 5.50. The summed E-state index contributed by atoms with van der Waals surface area (Å²) in [5, 5.41) is 7.89. The molecule has 1 heterocycles. The summed E-state index contributed by atoms with van der Waals surface area (Å²) in [4.78, 5) is 26.1. The first-order valence-electron chi connectivity index (χ1n) is 5.44. The molecule has 1 aromatic heterocycles. The normalized spacial score (nSPS) is 9.47. The highest BCUT2D eigenvalue weighted by atomic mass is 16.2. The molecule has 1 aromatic rings. The lowest BCUT2D eigenvalue weighted by atomic mass is 10.4. The van der Waals surface area contributed by atoms with Crippen LogP contribution in [0, 0.1) is 0 Å². The van der Waals surface area contributed by atoms with Gasteiger partial charge >= 0.3 is 6.03 Å². The molecule has 0 aromatic carbocycles. The van der Waals surface area contributed by atoms with Crippen molar-refractivity contribution in [3.8, 4) is 0 Å². The van der Waals surface area contributed by atoms with Crippen LogP contribution < -0.4 is 16.0 Å². The van der Waals surface area contributed by atoms with Crippen molar-refractivity contribution in [2.45, 2.75) is 13.3 Å². The van der Waals surface area contributed by atoms with Crippen molar-refractivity contribution in [3.63, 3.8) is 0 Å². The van der Waals surface area contributed by atoms with E-state index in [1.165, 1.54) is 0 Å². The Morgan fingerprint density at radius 1 is 1.29 bits per heavy atom. The molecule has 0 spiro atoms. The minimum absolute atomic E-state index is 0.0283. The summed E-state index contributed by atoms with van der Waals surface area (Å²) in [6.45, 7) is 2.59. The molecule has 0 aliphatic carbocycles. The van der Waals surface area contributed by atoms with E-state index < -0.39 is 0 Å². The molecule has 0 aliphatic heterocycles. The fraction of sp³-hybridized carbons (Fsp3) is 0.364. The molecule has 1 rings (SSSR count). The van der Waals surface area contributed by atoms with Crippen LogP contribution in [0.2, 0.25) is 0 Å². The van der Waals surface area contributed by atoms with E-state index in [-0.39, 0.29) is 11.9 Å². The molecule has 3 N–H and O–H groups in total. The van der Waals surface area contributed by atoms with Gasteiger partial charge in [-0.25, -0.2) is 4.79 Å². The number of carbonyl (C=O) groups is 2. The molecule has 0 aliphatic rings. The average Bonchev–Trinajstić information content (AvgIpc) is 2.35. The highest BCUT2D eigenvalue weighted by Crippen LogP contribution is 2.01. The third-order valence-corrected chi connectivity index (χ3v) is 1.97. The highest BCUT2D eigenvalue weighted by molar-refractivity contribution is 5.88. The molecule has 0 atom stereocenters. The van der Waals surface area contributed by atoms with Gasteiger partial charge < -0.3 is 16.0 Å². The summed E-state index contributed by atoms with van der Waals surface area (Å²) in [5.74, 6) is -0.0283. The average molecular weight is 236 g/mol. The molecular weight excluding hydrogens is 220 g/mol. The molecule has 0 unspecified atom stereocenters. The van der Waals surface area contributed by atoms with Crippen molar-refractivity contribution >= 4 is 17.6 Å². The van der Waals surface area contributed by atoms with Crippen LogP contribution in [0.1, 0.15) is 13.3 Å². The summed E-state index contributed by atoms with van der Waals surface area (Å²) in [6.07, 6.45) is 3.63. The van der Waals surface area contributed by atoms with Crippen molar-refractivity contribution in [1.29, 1.82) is 0 Å². The molecule has 92 valence electrons. The number of rotatable bonds is 5. The largest absolute Gasteiger partial charge is 0.354 e. The number of carbonyl (C=O) groups excluding carboxylic acids is 2. The third-order valence-electron chi connectivity index (χ3n) is 1.97. The zero-order chi connectivity index (χ0) is 12.5. The fourth-order valence-electron chi connectivity index (χ4n) is 1.11. The van der Waals surface area contributed by atoms with Crippen molar-refractivity contribution in [2.75, 3.05) is 18.4 Å². The van der Waals surface area contributed by atoms with Crippen molar-refractivity contribution in [1.82, 2.24) is 15.6 Å². The standard InChI is InChI=1S/C11H16N4O2/c1-2-10(16)13-6-7-14-11(17)15-9-4-3-5-12-8-9/h3-5,8H,2,6-7H2,1H3,(H,13,16)(H2,14,15,17). The number of hydrogen-bond donors (Lipinski definition) is 3. The summed E-state index contributed by atoms with van der Waals surface area (Å²) in [5.41, 5.74) is 0.627. The molecule has 17 heavy (non-hydrogen) atoms. The lowest BCUT2D eigenvalue weighted by Gasteiger charge is -2.07. The molecule has 6 nitrogen and oxygen atoms in total. The summed E-state index contributed by atoms with van der Waals surface area (Å²) < 4.78 is 0. The monoisotopic (exact) mass is 236 g/mol. The zero-order valence-corrected chi connectivity index (χ0v) is 9.69. The minimum Gasteiger partial charge on any atom is -0.354 e. The number of nitrogens with one attached hydrogen (secondary N) is 3. The minimum atomic E-state index is -0.316. The number of pyridine rings is 1. The number of amides is 3. The van der Waals surface area contributed by atoms with Crippen LogP contribution in [0.4, 0.5) is 10.5 Å². The van der Waals surface area contributed by atoms with Gasteiger partial charge in [-0.2, -0.15) is 0 Å². The number of hydrogen-bond acceptors (Lipinski definition) is 3. The summed E-state index contributed by atoms with van der Waals surface area (Å²) >= 11 is 0. The first-order chi connectivity index (χ1) is 8.22. The van der Waals surface area contributed by atoms with Gasteiger partial charge in [0.15, 0.2) is 0 Å². The second kappa shape index (κ2) is 7.21. The Morgan fingerprint density at radius 3 is 2.71 bits per heavy atom. The molecular formula is C11H16N4O2. The quantitative estimate of drug-likeness (QED) is 0.659. The number of anilines is 1. The topological polar surface area (TPSA) is 83.1 Å². The lowest BCUT2D eigenvalue weighted by Crippen LogP contribution is -2.36. The van der Waals surface area contributed by atoms with Crippen LogP contribution in [-0.4, -0.2) is 30.0 Å². The van der Waals surface area contributed by atoms with E-state index in [4.69, 9.17) is 0 Å². The van der Waals surface area contributed by atoms with Crippen LogP contribution in [0.5, 0.6) is 0 Å². The van der Waals surface area contributed by atoms with Crippen LogP contribution in [0.15, 0.2) is 24.5 Å². The Hall–Kier alpha value is -2.11. The van der Waals surface area contributed by atoms with E-state index in [9.17, 15) is 9.59 Å². The van der Waals surface area contributed by atoms with Gasteiger partial charge in [-0.1, -0.05) is 6.92 Å². The fourth-order valence-corrected chi connectivity index (χ4v) is 1.11. The Labute approximate surface area is 99.8 Å². The predicted molar refractivity (Wildman–Crippen MR) is 64.6 cm³/mol. The van der Waals surface area contributed by atoms with Gasteiger partial charge in [-0.05, 0) is 12.1 Å². The third kappa shape index (κ3) is 5.50. The Balaban J connectivity index is 2.16. The Bertz CT molecular complexity index is 367. The maximum Gasteiger partial charge on any atom is 0.319 e. The summed E-state index contributed by atoms with van der Waals surface area (Å²) in [6, 6.07) is 3.16. The van der Waals surface area contributed by atoms with Crippen LogP contribution in [0.25, 0.3) is 0 Å². The Morgan fingerprint density at radius 2 is 2.06 bits per heavy atom. The van der Waals surface area contributed by atoms with E-state index in [0.29, 0.717) is 25.2 Å². The van der Waals surface area contributed by atoms with Gasteiger partial charge in [-0.3, -0.25) is 9.78 Å². The van der Waals surface area contributed by atoms with Crippen molar-refractivity contribution in [2.24, 2.45) is 0 Å². The number of nitrogens with zero attached hydrogens (tertiary/aromatic N) is 1. The maximum absolute atomic E-state index is 11.4. The first kappa shape index (κ1) is 13.0. The number of urea groups is 1. The second-order valence-electron chi connectivity index (χ2n) is 3.33. The molecule has 0 fully saturated rings. The van der Waals surface area contributed by atoms with Crippen LogP contribution in [0.3, 0.4) is 0 Å². The molecule has 0 bridgehead atoms. The van der Waals surface area contributed by atoms with Crippen LogP contribution >= 0.6 is 0 Å². The second-order valence-corrected chi connectivity index (χ2v) is 3.33. The molecule has 0 radical (unpaired) electrons. The zero-order valence-electron chi connectivity index (χ0n) is 9.69. The van der Waals surface area contributed by atoms with E-state index in [2.05, 4.69) is 20.9 Å². The van der Waals surface area contributed by atoms with Crippen molar-refractivity contribution in [3.05, 3.63) is 24.5 Å². The predicted octanol–water partition coefficient (Wildman–Crippen LogP) is 0.729. The highest BCUT2D eigenvalue weighted by Gasteiger charge is 2.00. The van der Waals surface area contributed by atoms with Gasteiger partial charge in [0, 0.05) is 25.7 Å². The van der Waals surface area contributed by atoms with Gasteiger partial charge in [0.05, 0.1) is 11.9 Å². The SMILES string of the molecule is CCC(=O)NCCNC(=O)Nc1cccnc1. The lowest BCUT2D eigenvalue weighted by molar-refractivity contribution is -0.120. The van der Waals surface area contributed by atoms with Gasteiger partial charge in [0.25, 0.3) is 0 Å². The van der Waals surface area contributed by atoms with Gasteiger partial charge in [0.2, 0.25) is 5.91 Å². The van der Waals surface area contributed by atoms with E-state index in [1.807, 2.05) is 0 Å². The molecule has 0 saturated heterocycles.